The first kappa shape index (κ1) is 26.5. The maximum Gasteiger partial charge on any atom is 0.319 e. The van der Waals surface area contributed by atoms with Gasteiger partial charge >= 0.3 is 7.82 Å². The number of carbonyl (C=O) groups excluding carboxylic acids is 1. The first-order chi connectivity index (χ1) is 17.3. The molecule has 6 N–H and O–H groups in total. The second-order valence-electron chi connectivity index (χ2n) is 8.22. The highest BCUT2D eigenvalue weighted by atomic mass is 31.2. The van der Waals surface area contributed by atoms with Crippen molar-refractivity contribution in [2.24, 2.45) is 0 Å². The zero-order valence-electron chi connectivity index (χ0n) is 19.2. The van der Waals surface area contributed by atoms with E-state index in [1.54, 1.807) is 0 Å². The number of carbonyl (C=O) groups is 1. The number of hydrogen-bond acceptors (Lipinski definition) is 14. The number of rotatable bonds is 8. The summed E-state index contributed by atoms with van der Waals surface area (Å²) < 4.78 is 29.0. The molecule has 3 aromatic heterocycles. The lowest BCUT2D eigenvalue weighted by atomic mass is 10.1. The number of anilines is 1. The van der Waals surface area contributed by atoms with E-state index in [4.69, 9.17) is 19.5 Å². The molecule has 1 saturated heterocycles. The summed E-state index contributed by atoms with van der Waals surface area (Å²) in [5.74, 6) is -2.17. The molecule has 3 aromatic rings. The predicted octanol–water partition coefficient (Wildman–Crippen LogP) is -3.52. The van der Waals surface area contributed by atoms with Gasteiger partial charge in [-0.2, -0.15) is 4.98 Å². The number of nitrogen functional groups attached to an aromatic ring is 1. The van der Waals surface area contributed by atoms with Crippen molar-refractivity contribution in [1.82, 2.24) is 24.5 Å². The number of fused-ring (bicyclic) bond motifs is 1. The van der Waals surface area contributed by atoms with E-state index >= 15 is 0 Å². The van der Waals surface area contributed by atoms with Crippen molar-refractivity contribution >= 4 is 30.9 Å². The number of carboxylic acids is 1. The highest BCUT2D eigenvalue weighted by Gasteiger charge is 2.45. The molecule has 0 aromatic carbocycles. The Morgan fingerprint density at radius 2 is 1.95 bits per heavy atom. The summed E-state index contributed by atoms with van der Waals surface area (Å²) in [6.45, 7) is 1.78. The van der Waals surface area contributed by atoms with Gasteiger partial charge in [0.05, 0.1) is 18.5 Å². The molecule has 4 rings (SSSR count). The van der Waals surface area contributed by atoms with Crippen LogP contribution < -0.4 is 31.4 Å². The monoisotopic (exact) mass is 540 g/mol. The van der Waals surface area contributed by atoms with Gasteiger partial charge < -0.3 is 49.5 Å². The van der Waals surface area contributed by atoms with Crippen molar-refractivity contribution in [2.45, 2.75) is 44.8 Å². The lowest BCUT2D eigenvalue weighted by molar-refractivity contribution is -0.304. The summed E-state index contributed by atoms with van der Waals surface area (Å²) in [5, 5.41) is 31.8. The number of H-pyrrole nitrogens is 2. The van der Waals surface area contributed by atoms with Gasteiger partial charge in [0.2, 0.25) is 5.95 Å². The van der Waals surface area contributed by atoms with Crippen LogP contribution in [0.15, 0.2) is 15.9 Å². The van der Waals surface area contributed by atoms with E-state index in [-0.39, 0.29) is 33.9 Å². The third kappa shape index (κ3) is 5.13. The highest BCUT2D eigenvalue weighted by Crippen LogP contribution is 2.43. The molecule has 0 bridgehead atoms. The average molecular weight is 540 g/mol. The van der Waals surface area contributed by atoms with Gasteiger partial charge in [0, 0.05) is 23.6 Å². The van der Waals surface area contributed by atoms with Crippen molar-refractivity contribution in [2.75, 3.05) is 12.3 Å². The van der Waals surface area contributed by atoms with Crippen LogP contribution in [-0.2, 0) is 25.0 Å². The zero-order valence-corrected chi connectivity index (χ0v) is 20.1. The number of nitrogens with zero attached hydrogens (tertiary/aromatic N) is 3. The minimum atomic E-state index is -5.21. The molecule has 1 unspecified atom stereocenters. The Labute approximate surface area is 206 Å². The molecule has 1 aliphatic heterocycles. The number of aliphatic hydroxyl groups is 2. The van der Waals surface area contributed by atoms with E-state index in [1.165, 1.54) is 13.8 Å². The summed E-state index contributed by atoms with van der Waals surface area (Å²) >= 11 is 0. The van der Waals surface area contributed by atoms with E-state index < -0.39 is 68.2 Å². The molecule has 0 spiro atoms. The van der Waals surface area contributed by atoms with Crippen LogP contribution in [0.5, 0.6) is 5.75 Å². The van der Waals surface area contributed by atoms with Crippen LogP contribution in [0.2, 0.25) is 0 Å². The number of ether oxygens (including phenoxy) is 1. The Balaban J connectivity index is 1.51. The second-order valence-corrected chi connectivity index (χ2v) is 9.55. The van der Waals surface area contributed by atoms with E-state index in [1.807, 2.05) is 0 Å². The van der Waals surface area contributed by atoms with E-state index in [0.717, 1.165) is 10.9 Å². The number of nitrogens with two attached hydrogens (primary N) is 1. The Morgan fingerprint density at radius 1 is 1.24 bits per heavy atom. The average Bonchev–Trinajstić information content (AvgIpc) is 3.34. The zero-order chi connectivity index (χ0) is 27.2. The molecule has 5 atom stereocenters. The largest absolute Gasteiger partial charge is 0.746 e. The predicted molar refractivity (Wildman–Crippen MR) is 118 cm³/mol. The van der Waals surface area contributed by atoms with Crippen molar-refractivity contribution in [3.63, 3.8) is 0 Å². The Hall–Kier alpha value is -3.60. The van der Waals surface area contributed by atoms with Crippen molar-refractivity contribution < 1.29 is 43.4 Å². The number of aromatic amines is 2. The number of pyridine rings is 1. The third-order valence-electron chi connectivity index (χ3n) is 5.72. The van der Waals surface area contributed by atoms with Gasteiger partial charge in [0.1, 0.15) is 24.1 Å². The quantitative estimate of drug-likeness (QED) is 0.173. The fourth-order valence-corrected chi connectivity index (χ4v) is 4.71. The van der Waals surface area contributed by atoms with E-state index in [2.05, 4.69) is 19.9 Å². The SMILES string of the molecule is Cc1c(CC(=O)[O-])[nH]c(=O)c(C)c1OP(=O)([O-])OC[C@H]1O[C@@H](n2cnc3c(=O)[nH]c(N)nc32)[C@H](O)[C@@H]1O. The molecule has 17 nitrogen and oxygen atoms in total. The number of phosphoric ester groups is 1. The maximum absolute atomic E-state index is 12.5. The van der Waals surface area contributed by atoms with Crippen molar-refractivity contribution in [3.05, 3.63) is 43.9 Å². The number of aromatic nitrogens is 5. The first-order valence-electron chi connectivity index (χ1n) is 10.6. The van der Waals surface area contributed by atoms with Gasteiger partial charge in [-0.25, -0.2) is 4.98 Å². The van der Waals surface area contributed by atoms with Crippen LogP contribution in [0.4, 0.5) is 5.95 Å². The number of hydrogen-bond donors (Lipinski definition) is 5. The topological polar surface area (TPSA) is 271 Å². The second kappa shape index (κ2) is 9.70. The fraction of sp³-hybridized carbons (Fsp3) is 0.421. The third-order valence-corrected chi connectivity index (χ3v) is 6.59. The molecule has 200 valence electrons. The number of aliphatic carboxylic acids is 1. The van der Waals surface area contributed by atoms with Crippen LogP contribution in [0.25, 0.3) is 11.2 Å². The van der Waals surface area contributed by atoms with Crippen LogP contribution in [0, 0.1) is 13.8 Å². The standard InChI is InChI=1S/C19H23N6O11P/c1-6-8(3-10(26)27)22-16(30)7(2)14(6)36-37(32,33)34-4-9-12(28)13(29)18(35-9)25-5-21-11-15(25)23-19(20)24-17(11)31/h5,9,12-13,18,28-29H,3-4H2,1-2H3,(H,22,30)(H,26,27)(H,32,33)(H3,20,23,24,31)/p-2/t9-,12-,13-,18-/m1/s1. The summed E-state index contributed by atoms with van der Waals surface area (Å²) in [6.07, 6.45) is -5.54. The number of carboxylic acid groups (broad SMARTS) is 1. The molecule has 0 amide bonds. The summed E-state index contributed by atoms with van der Waals surface area (Å²) in [4.78, 5) is 59.9. The maximum atomic E-state index is 12.5. The summed E-state index contributed by atoms with van der Waals surface area (Å²) in [6, 6.07) is 0. The van der Waals surface area contributed by atoms with Gasteiger partial charge in [-0.15, -0.1) is 0 Å². The minimum absolute atomic E-state index is 0.0300. The molecular formula is C19H21N6O11P-2. The molecule has 18 heteroatoms. The smallest absolute Gasteiger partial charge is 0.319 e. The number of aliphatic hydroxyl groups excluding tert-OH is 2. The van der Waals surface area contributed by atoms with Crippen molar-refractivity contribution in [1.29, 1.82) is 0 Å². The lowest BCUT2D eigenvalue weighted by Gasteiger charge is -2.27. The summed E-state index contributed by atoms with van der Waals surface area (Å²) in [5.41, 5.74) is 3.72. The van der Waals surface area contributed by atoms with Gasteiger partial charge in [-0.1, -0.05) is 0 Å². The van der Waals surface area contributed by atoms with Gasteiger partial charge in [0.25, 0.3) is 11.1 Å². The Bertz CT molecular complexity index is 1530. The molecule has 37 heavy (non-hydrogen) atoms. The summed E-state index contributed by atoms with van der Waals surface area (Å²) in [7, 11) is -5.21. The van der Waals surface area contributed by atoms with Crippen molar-refractivity contribution in [3.8, 4) is 5.75 Å². The molecule has 0 aliphatic carbocycles. The van der Waals surface area contributed by atoms with Crippen LogP contribution in [0.1, 0.15) is 23.0 Å². The normalized spacial score (nSPS) is 23.3. The number of nitrogens with one attached hydrogen (secondary N) is 2. The van der Waals surface area contributed by atoms with E-state index in [9.17, 15) is 39.2 Å². The van der Waals surface area contributed by atoms with Gasteiger partial charge in [-0.3, -0.25) is 23.7 Å². The number of phosphoric acid groups is 1. The highest BCUT2D eigenvalue weighted by molar-refractivity contribution is 7.46. The molecule has 1 fully saturated rings. The molecule has 4 heterocycles. The molecular weight excluding hydrogens is 519 g/mol. The number of imidazole rings is 1. The fourth-order valence-electron chi connectivity index (χ4n) is 3.83. The van der Waals surface area contributed by atoms with Crippen LogP contribution in [0.3, 0.4) is 0 Å². The van der Waals surface area contributed by atoms with Gasteiger partial charge in [0.15, 0.2) is 17.4 Å². The molecule has 1 aliphatic rings. The van der Waals surface area contributed by atoms with E-state index in [0.29, 0.717) is 0 Å². The Kier molecular flexibility index (Phi) is 6.93. The Morgan fingerprint density at radius 3 is 2.62 bits per heavy atom. The molecule has 0 radical (unpaired) electrons. The minimum Gasteiger partial charge on any atom is -0.746 e. The first-order valence-corrected chi connectivity index (χ1v) is 12.1. The molecule has 0 saturated carbocycles. The lowest BCUT2D eigenvalue weighted by Crippen LogP contribution is -2.34. The van der Waals surface area contributed by atoms with Crippen LogP contribution >= 0.6 is 7.82 Å². The van der Waals surface area contributed by atoms with Gasteiger partial charge in [-0.05, 0) is 13.8 Å². The van der Waals surface area contributed by atoms with Crippen LogP contribution in [-0.4, -0.2) is 65.6 Å².